The van der Waals surface area contributed by atoms with Crippen molar-refractivity contribution in [1.29, 1.82) is 0 Å². The zero-order chi connectivity index (χ0) is 23.2. The number of aromatic amines is 1. The van der Waals surface area contributed by atoms with Crippen molar-refractivity contribution < 1.29 is 18.0 Å². The Morgan fingerprint density at radius 3 is 2.52 bits per heavy atom. The fourth-order valence-corrected chi connectivity index (χ4v) is 4.79. The number of amides is 2. The maximum atomic E-state index is 13.0. The number of H-pyrrole nitrogens is 1. The van der Waals surface area contributed by atoms with Crippen LogP contribution < -0.4 is 15.4 Å². The lowest BCUT2D eigenvalue weighted by Gasteiger charge is -2.25. The number of sulfonamides is 1. The number of hydrogen-bond donors (Lipinski definition) is 3. The highest BCUT2D eigenvalue weighted by atomic mass is 32.2. The highest BCUT2D eigenvalue weighted by molar-refractivity contribution is 7.89. The van der Waals surface area contributed by atoms with Gasteiger partial charge in [-0.15, -0.1) is 0 Å². The Bertz CT molecular complexity index is 1330. The van der Waals surface area contributed by atoms with E-state index in [2.05, 4.69) is 25.2 Å². The van der Waals surface area contributed by atoms with Gasteiger partial charge in [0.05, 0.1) is 10.3 Å². The molecule has 1 spiro atoms. The first kappa shape index (κ1) is 21.3. The first-order valence-electron chi connectivity index (χ1n) is 10.5. The van der Waals surface area contributed by atoms with Crippen molar-refractivity contribution in [3.8, 4) is 0 Å². The van der Waals surface area contributed by atoms with Gasteiger partial charge in [-0.1, -0.05) is 0 Å². The average molecular weight is 470 g/mol. The molecule has 1 saturated carbocycles. The zero-order valence-electron chi connectivity index (χ0n) is 17.7. The van der Waals surface area contributed by atoms with Crippen LogP contribution in [0.5, 0.6) is 0 Å². The van der Waals surface area contributed by atoms with E-state index in [9.17, 15) is 18.0 Å². The van der Waals surface area contributed by atoms with E-state index in [1.165, 1.54) is 30.6 Å². The van der Waals surface area contributed by atoms with Crippen LogP contribution >= 0.6 is 0 Å². The average Bonchev–Trinajstić information content (AvgIpc) is 3.42. The predicted molar refractivity (Wildman–Crippen MR) is 121 cm³/mol. The van der Waals surface area contributed by atoms with Crippen LogP contribution in [0.25, 0.3) is 11.0 Å². The number of primary sulfonamides is 1. The van der Waals surface area contributed by atoms with Crippen LogP contribution in [0, 0.1) is 5.41 Å². The van der Waals surface area contributed by atoms with Gasteiger partial charge in [-0.3, -0.25) is 9.59 Å². The van der Waals surface area contributed by atoms with Crippen molar-refractivity contribution >= 4 is 44.4 Å². The molecule has 11 nitrogen and oxygen atoms in total. The fraction of sp³-hybridized carbons (Fsp3) is 0.333. The number of aromatic nitrogens is 3. The fourth-order valence-electron chi connectivity index (χ4n) is 4.27. The van der Waals surface area contributed by atoms with Gasteiger partial charge in [0, 0.05) is 43.5 Å². The van der Waals surface area contributed by atoms with E-state index in [1.807, 2.05) is 12.3 Å². The van der Waals surface area contributed by atoms with E-state index in [0.29, 0.717) is 25.3 Å². The van der Waals surface area contributed by atoms with Gasteiger partial charge < -0.3 is 20.1 Å². The van der Waals surface area contributed by atoms with Crippen molar-refractivity contribution in [2.75, 3.05) is 36.4 Å². The summed E-state index contributed by atoms with van der Waals surface area (Å²) in [5.74, 6) is -0.563. The number of fused-ring (bicyclic) bond motifs is 1. The molecule has 0 bridgehead atoms. The van der Waals surface area contributed by atoms with E-state index in [-0.39, 0.29) is 10.3 Å². The Morgan fingerprint density at radius 1 is 1.06 bits per heavy atom. The zero-order valence-corrected chi connectivity index (χ0v) is 18.5. The molecule has 12 heteroatoms. The van der Waals surface area contributed by atoms with Crippen LogP contribution in [0.4, 0.5) is 11.5 Å². The minimum Gasteiger partial charge on any atom is -0.354 e. The van der Waals surface area contributed by atoms with Crippen molar-refractivity contribution in [2.45, 2.75) is 17.7 Å². The highest BCUT2D eigenvalue weighted by Crippen LogP contribution is 2.48. The summed E-state index contributed by atoms with van der Waals surface area (Å²) in [6, 6.07) is 7.29. The molecule has 172 valence electrons. The minimum absolute atomic E-state index is 0.0584. The van der Waals surface area contributed by atoms with E-state index in [1.54, 1.807) is 4.90 Å². The third kappa shape index (κ3) is 4.26. The number of nitrogens with zero attached hydrogens (tertiary/aromatic N) is 4. The molecule has 0 radical (unpaired) electrons. The van der Waals surface area contributed by atoms with Gasteiger partial charge >= 0.3 is 11.8 Å². The van der Waals surface area contributed by atoms with Gasteiger partial charge in [0.25, 0.3) is 0 Å². The number of hydrogen-bond acceptors (Lipinski definition) is 7. The number of rotatable bonds is 3. The first-order valence-corrected chi connectivity index (χ1v) is 12.0. The summed E-state index contributed by atoms with van der Waals surface area (Å²) in [6.07, 6.45) is 5.30. The minimum atomic E-state index is -3.83. The van der Waals surface area contributed by atoms with Gasteiger partial charge in [-0.2, -0.15) is 0 Å². The molecular formula is C21H23N7O4S. The smallest absolute Gasteiger partial charge is 0.313 e. The molecule has 3 aromatic rings. The number of carbonyl (C=O) groups excluding carboxylic acids is 2. The molecule has 1 saturated heterocycles. The Hall–Kier alpha value is -3.51. The van der Waals surface area contributed by atoms with Crippen LogP contribution in [0.15, 0.2) is 47.8 Å². The highest BCUT2D eigenvalue weighted by Gasteiger charge is 2.48. The van der Waals surface area contributed by atoms with Crippen LogP contribution in [-0.4, -0.2) is 66.3 Å². The number of anilines is 2. The van der Waals surface area contributed by atoms with Crippen molar-refractivity contribution in [3.63, 3.8) is 0 Å². The second-order valence-corrected chi connectivity index (χ2v) is 10.2. The molecule has 1 aliphatic heterocycles. The normalized spacial score (nSPS) is 17.7. The van der Waals surface area contributed by atoms with Gasteiger partial charge in [0.2, 0.25) is 10.0 Å². The Labute approximate surface area is 190 Å². The monoisotopic (exact) mass is 469 g/mol. The lowest BCUT2D eigenvalue weighted by molar-refractivity contribution is -0.143. The maximum Gasteiger partial charge on any atom is 0.313 e. The molecular weight excluding hydrogens is 446 g/mol. The summed E-state index contributed by atoms with van der Waals surface area (Å²) >= 11 is 0. The third-order valence-corrected chi connectivity index (χ3v) is 7.13. The molecule has 3 heterocycles. The quantitative estimate of drug-likeness (QED) is 0.476. The molecule has 5 rings (SSSR count). The molecule has 2 aromatic heterocycles. The molecule has 0 unspecified atom stereocenters. The second kappa shape index (κ2) is 7.81. The Morgan fingerprint density at radius 2 is 1.82 bits per heavy atom. The number of nitrogens with two attached hydrogens (primary N) is 1. The van der Waals surface area contributed by atoms with Crippen LogP contribution in [0.3, 0.4) is 0 Å². The van der Waals surface area contributed by atoms with E-state index in [0.717, 1.165) is 36.2 Å². The Kier molecular flexibility index (Phi) is 5.05. The van der Waals surface area contributed by atoms with Gasteiger partial charge in [-0.05, 0) is 43.2 Å². The van der Waals surface area contributed by atoms with Gasteiger partial charge in [0.1, 0.15) is 17.8 Å². The second-order valence-electron chi connectivity index (χ2n) is 8.61. The predicted octanol–water partition coefficient (Wildman–Crippen LogP) is 0.673. The molecule has 2 amide bonds. The van der Waals surface area contributed by atoms with Crippen LogP contribution in [0.2, 0.25) is 0 Å². The molecule has 33 heavy (non-hydrogen) atoms. The lowest BCUT2D eigenvalue weighted by atomic mass is 10.1. The molecule has 2 aliphatic rings. The largest absolute Gasteiger partial charge is 0.354 e. The number of benzene rings is 1. The summed E-state index contributed by atoms with van der Waals surface area (Å²) < 4.78 is 22.8. The third-order valence-electron chi connectivity index (χ3n) is 6.20. The molecule has 0 atom stereocenters. The first-order chi connectivity index (χ1) is 15.7. The van der Waals surface area contributed by atoms with Gasteiger partial charge in [0.15, 0.2) is 0 Å². The summed E-state index contributed by atoms with van der Waals surface area (Å²) in [4.78, 5) is 41.1. The van der Waals surface area contributed by atoms with Crippen molar-refractivity contribution in [3.05, 3.63) is 42.9 Å². The summed E-state index contributed by atoms with van der Waals surface area (Å²) in [5.41, 5.74) is 1.01. The van der Waals surface area contributed by atoms with E-state index >= 15 is 0 Å². The number of carbonyl (C=O) groups is 2. The topological polar surface area (TPSA) is 154 Å². The summed E-state index contributed by atoms with van der Waals surface area (Å²) in [6.45, 7) is 2.18. The maximum absolute atomic E-state index is 13.0. The SMILES string of the molecule is NS(=O)(=O)c1ccc(NC(=O)C(=O)N2CCN(c3ncnc4[nH]ccc34)CC3(CC3)C2)cc1. The molecule has 2 fully saturated rings. The standard InChI is InChI=1S/C21H23N7O4S/c22-33(31,32)15-3-1-14(2-4-15)26-19(29)20(30)28-10-9-27(11-21(12-28)6-7-21)18-16-5-8-23-17(16)24-13-25-18/h1-5,8,13H,6-7,9-12H2,(H,26,29)(H2,22,31,32)(H,23,24,25). The molecule has 1 aliphatic carbocycles. The lowest BCUT2D eigenvalue weighted by Crippen LogP contribution is -2.43. The molecule has 4 N–H and O–H groups in total. The number of nitrogens with one attached hydrogen (secondary N) is 2. The summed E-state index contributed by atoms with van der Waals surface area (Å²) in [5, 5.41) is 8.56. The van der Waals surface area contributed by atoms with Crippen molar-refractivity contribution in [2.24, 2.45) is 10.6 Å². The van der Waals surface area contributed by atoms with Crippen LogP contribution in [0.1, 0.15) is 12.8 Å². The molecule has 1 aromatic carbocycles. The Balaban J connectivity index is 1.30. The van der Waals surface area contributed by atoms with Crippen LogP contribution in [-0.2, 0) is 19.6 Å². The summed E-state index contributed by atoms with van der Waals surface area (Å²) in [7, 11) is -3.83. The van der Waals surface area contributed by atoms with Crippen molar-refractivity contribution in [1.82, 2.24) is 19.9 Å². The van der Waals surface area contributed by atoms with E-state index in [4.69, 9.17) is 5.14 Å². The van der Waals surface area contributed by atoms with E-state index < -0.39 is 21.8 Å². The van der Waals surface area contributed by atoms with Gasteiger partial charge in [-0.25, -0.2) is 23.5 Å².